The molecule has 1 unspecified atom stereocenters. The molecule has 0 radical (unpaired) electrons. The lowest BCUT2D eigenvalue weighted by atomic mass is 9.84. The molecular weight excluding hydrogens is 931 g/mol. The third-order valence-electron chi connectivity index (χ3n) is 14.1. The fourth-order valence-electron chi connectivity index (χ4n) is 9.72. The second kappa shape index (κ2) is 37.6. The number of carbonyl (C=O) groups is 1. The largest absolute Gasteiger partial charge is 0.326 e. The smallest absolute Gasteiger partial charge is 0.221 e. The van der Waals surface area contributed by atoms with Crippen molar-refractivity contribution in [1.82, 2.24) is 0 Å². The van der Waals surface area contributed by atoms with E-state index in [-0.39, 0.29) is 11.3 Å². The molecule has 422 valence electrons. The molecule has 0 spiro atoms. The van der Waals surface area contributed by atoms with Gasteiger partial charge in [-0.3, -0.25) is 4.79 Å². The van der Waals surface area contributed by atoms with Crippen molar-refractivity contribution in [2.24, 2.45) is 41.4 Å². The Bertz CT molecular complexity index is 2370. The first kappa shape index (κ1) is 67.9. The predicted octanol–water partition coefficient (Wildman–Crippen LogP) is 22.1. The van der Waals surface area contributed by atoms with E-state index < -0.39 is 0 Å². The Morgan fingerprint density at radius 3 is 1.27 bits per heavy atom. The summed E-state index contributed by atoms with van der Waals surface area (Å²) in [4.78, 5) is 10.8. The van der Waals surface area contributed by atoms with Crippen LogP contribution in [-0.2, 0) is 42.3 Å². The average Bonchev–Trinajstić information content (AvgIpc) is 3.38. The highest BCUT2D eigenvalue weighted by molar-refractivity contribution is 5.88. The average molecular weight is 1040 g/mol. The maximum Gasteiger partial charge on any atom is 0.221 e. The summed E-state index contributed by atoms with van der Waals surface area (Å²) in [7, 11) is 0. The SMILES string of the molecule is CC(=O)Nc1ccc(CC(C)C)cc1.CC(C)C(C)c1ccccc1.CC(C)CC1CCCCC1.CC(C)Cc1ccc(-c2ccccc2)cc1.CC(C)Cc1ccc(C(C)(C)C)cc1.CCc1ccccc1CC(C)C. The molecule has 0 saturated heterocycles. The van der Waals surface area contributed by atoms with Gasteiger partial charge in [-0.15, -0.1) is 0 Å². The van der Waals surface area contributed by atoms with Gasteiger partial charge in [0.05, 0.1) is 0 Å². The number of rotatable bonds is 15. The molecule has 2 nitrogen and oxygen atoms in total. The van der Waals surface area contributed by atoms with E-state index in [0.29, 0.717) is 11.8 Å². The molecule has 0 heterocycles. The molecule has 7 rings (SSSR count). The van der Waals surface area contributed by atoms with Crippen molar-refractivity contribution >= 4 is 11.6 Å². The molecular formula is C75H111NO. The summed E-state index contributed by atoms with van der Waals surface area (Å²) in [5.74, 6) is 6.28. The van der Waals surface area contributed by atoms with Gasteiger partial charge in [0.2, 0.25) is 5.91 Å². The molecule has 77 heavy (non-hydrogen) atoms. The van der Waals surface area contributed by atoms with Crippen molar-refractivity contribution in [3.05, 3.63) is 197 Å². The van der Waals surface area contributed by atoms with E-state index in [2.05, 4.69) is 269 Å². The Morgan fingerprint density at radius 1 is 0.468 bits per heavy atom. The highest BCUT2D eigenvalue weighted by Gasteiger charge is 2.15. The van der Waals surface area contributed by atoms with E-state index >= 15 is 0 Å². The molecule has 1 amide bonds. The Morgan fingerprint density at radius 2 is 0.870 bits per heavy atom. The van der Waals surface area contributed by atoms with Crippen LogP contribution in [-0.4, -0.2) is 5.91 Å². The van der Waals surface area contributed by atoms with E-state index in [1.165, 1.54) is 108 Å². The van der Waals surface area contributed by atoms with Crippen LogP contribution in [0.2, 0.25) is 0 Å². The molecule has 0 aromatic heterocycles. The van der Waals surface area contributed by atoms with Crippen LogP contribution in [0, 0.1) is 41.4 Å². The summed E-state index contributed by atoms with van der Waals surface area (Å²) < 4.78 is 0. The van der Waals surface area contributed by atoms with Gasteiger partial charge in [-0.1, -0.05) is 295 Å². The second-order valence-electron chi connectivity index (χ2n) is 25.5. The molecule has 0 aliphatic heterocycles. The van der Waals surface area contributed by atoms with E-state index in [1.54, 1.807) is 0 Å². The lowest BCUT2D eigenvalue weighted by Gasteiger charge is -2.22. The third kappa shape index (κ3) is 31.1. The number of benzene rings is 6. The van der Waals surface area contributed by atoms with Crippen molar-refractivity contribution in [2.45, 2.75) is 207 Å². The monoisotopic (exact) mass is 1040 g/mol. The van der Waals surface area contributed by atoms with E-state index in [4.69, 9.17) is 0 Å². The summed E-state index contributed by atoms with van der Waals surface area (Å²) in [6, 6.07) is 55.9. The number of nitrogens with one attached hydrogen (secondary N) is 1. The van der Waals surface area contributed by atoms with Gasteiger partial charge < -0.3 is 5.32 Å². The Hall–Kier alpha value is -5.21. The first-order valence-corrected chi connectivity index (χ1v) is 30.2. The van der Waals surface area contributed by atoms with Crippen molar-refractivity contribution < 1.29 is 4.79 Å². The summed E-state index contributed by atoms with van der Waals surface area (Å²) in [5.41, 5.74) is 13.8. The number of aryl methyl sites for hydroxylation is 1. The topological polar surface area (TPSA) is 29.1 Å². The lowest BCUT2D eigenvalue weighted by molar-refractivity contribution is -0.114. The second-order valence-corrected chi connectivity index (χ2v) is 25.5. The Balaban J connectivity index is 0.000000318. The van der Waals surface area contributed by atoms with E-state index in [9.17, 15) is 4.79 Å². The molecule has 2 heteroatoms. The molecule has 1 fully saturated rings. The van der Waals surface area contributed by atoms with Gasteiger partial charge in [-0.2, -0.15) is 0 Å². The third-order valence-corrected chi connectivity index (χ3v) is 14.1. The van der Waals surface area contributed by atoms with Crippen molar-refractivity contribution in [3.8, 4) is 11.1 Å². The fourth-order valence-corrected chi connectivity index (χ4v) is 9.72. The standard InChI is InChI=1S/C16H18.C14H22.C12H17NO.C12H18.C11H16.C10H20/c1-13(2)12-14-8-10-16(11-9-14)15-6-4-3-5-7-15;1-11(2)10-12-6-8-13(9-7-12)14(3,4)5;1-9(2)8-11-4-6-12(7-5-11)13-10(3)14;1-4-11-7-5-6-8-12(11)9-10(2)3;1-9(2)10(3)11-7-5-4-6-8-11;1-9(2)8-10-6-4-3-5-7-10/h3-11,13H,12H2,1-2H3;6-9,11H,10H2,1-5H3;4-7,9H,8H2,1-3H3,(H,13,14);5-8,10H,4,9H2,1-3H3;4-10H,1-3H3;9-10H,3-8H2,1-2H3. The van der Waals surface area contributed by atoms with Gasteiger partial charge in [0.1, 0.15) is 0 Å². The molecule has 6 aromatic carbocycles. The first-order chi connectivity index (χ1) is 36.5. The van der Waals surface area contributed by atoms with Crippen LogP contribution in [0.4, 0.5) is 5.69 Å². The van der Waals surface area contributed by atoms with Crippen LogP contribution in [0.1, 0.15) is 208 Å². The zero-order chi connectivity index (χ0) is 57.3. The van der Waals surface area contributed by atoms with Crippen molar-refractivity contribution in [3.63, 3.8) is 0 Å². The first-order valence-electron chi connectivity index (χ1n) is 30.2. The molecule has 1 saturated carbocycles. The van der Waals surface area contributed by atoms with Gasteiger partial charge >= 0.3 is 0 Å². The maximum absolute atomic E-state index is 10.8. The van der Waals surface area contributed by atoms with Gasteiger partial charge in [-0.05, 0) is 153 Å². The number of hydrogen-bond acceptors (Lipinski definition) is 1. The quantitative estimate of drug-likeness (QED) is 0.109. The zero-order valence-corrected chi connectivity index (χ0v) is 52.3. The molecule has 1 aliphatic rings. The van der Waals surface area contributed by atoms with Gasteiger partial charge in [0.15, 0.2) is 0 Å². The highest BCUT2D eigenvalue weighted by atomic mass is 16.1. The van der Waals surface area contributed by atoms with Crippen LogP contribution in [0.5, 0.6) is 0 Å². The minimum atomic E-state index is -0.0263. The van der Waals surface area contributed by atoms with Crippen LogP contribution in [0.3, 0.4) is 0 Å². The van der Waals surface area contributed by atoms with Gasteiger partial charge in [0.25, 0.3) is 0 Å². The Kier molecular flexibility index (Phi) is 33.1. The van der Waals surface area contributed by atoms with Gasteiger partial charge in [-0.25, -0.2) is 0 Å². The molecule has 1 atom stereocenters. The van der Waals surface area contributed by atoms with Crippen LogP contribution < -0.4 is 5.32 Å². The van der Waals surface area contributed by atoms with Crippen molar-refractivity contribution in [1.29, 1.82) is 0 Å². The van der Waals surface area contributed by atoms with Gasteiger partial charge in [0, 0.05) is 12.6 Å². The van der Waals surface area contributed by atoms with Crippen LogP contribution >= 0.6 is 0 Å². The maximum atomic E-state index is 10.8. The fraction of sp³-hybridized carbons (Fsp3) is 0.507. The Labute approximate surface area is 475 Å². The highest BCUT2D eigenvalue weighted by Crippen LogP contribution is 2.29. The minimum absolute atomic E-state index is 0.0263. The molecule has 0 bridgehead atoms. The van der Waals surface area contributed by atoms with E-state index in [0.717, 1.165) is 60.5 Å². The number of carbonyl (C=O) groups excluding carboxylic acids is 1. The normalized spacial score (nSPS) is 12.7. The van der Waals surface area contributed by atoms with E-state index in [1.807, 2.05) is 12.1 Å². The minimum Gasteiger partial charge on any atom is -0.326 e. The number of hydrogen-bond donors (Lipinski definition) is 1. The summed E-state index contributed by atoms with van der Waals surface area (Å²) in [6.07, 6.45) is 14.8. The summed E-state index contributed by atoms with van der Waals surface area (Å²) in [5, 5.41) is 2.75. The number of amides is 1. The number of anilines is 1. The van der Waals surface area contributed by atoms with Crippen LogP contribution in [0.15, 0.2) is 158 Å². The van der Waals surface area contributed by atoms with Crippen molar-refractivity contribution in [2.75, 3.05) is 5.32 Å². The lowest BCUT2D eigenvalue weighted by Crippen LogP contribution is -2.10. The zero-order valence-electron chi connectivity index (χ0n) is 52.3. The van der Waals surface area contributed by atoms with Crippen LogP contribution in [0.25, 0.3) is 11.1 Å². The molecule has 1 N–H and O–H groups in total. The predicted molar refractivity (Wildman–Crippen MR) is 343 cm³/mol. The molecule has 6 aromatic rings. The summed E-state index contributed by atoms with van der Waals surface area (Å²) >= 11 is 0. The molecule has 1 aliphatic carbocycles. The summed E-state index contributed by atoms with van der Waals surface area (Å²) in [6.45, 7) is 40.0.